The Kier molecular flexibility index (Phi) is 3.81. The Hall–Kier alpha value is 0.210. The summed E-state index contributed by atoms with van der Waals surface area (Å²) >= 11 is 5.75. The SMILES string of the molecule is COC1(CC(C)CCl)CCOC1. The predicted molar refractivity (Wildman–Crippen MR) is 49.7 cm³/mol. The van der Waals surface area contributed by atoms with Crippen LogP contribution in [-0.2, 0) is 9.47 Å². The minimum atomic E-state index is -0.0473. The molecule has 2 atom stereocenters. The van der Waals surface area contributed by atoms with Gasteiger partial charge in [-0.05, 0) is 12.3 Å². The van der Waals surface area contributed by atoms with Gasteiger partial charge in [0, 0.05) is 26.0 Å². The third-order valence-corrected chi connectivity index (χ3v) is 3.01. The van der Waals surface area contributed by atoms with Crippen LogP contribution in [0.5, 0.6) is 0 Å². The molecular weight excluding hydrogens is 176 g/mol. The average Bonchev–Trinajstić information content (AvgIpc) is 2.54. The second-order valence-corrected chi connectivity index (χ2v) is 3.96. The minimum absolute atomic E-state index is 0.0473. The number of halogens is 1. The lowest BCUT2D eigenvalue weighted by Gasteiger charge is -2.28. The molecule has 1 rings (SSSR count). The van der Waals surface area contributed by atoms with Crippen LogP contribution in [0, 0.1) is 5.92 Å². The van der Waals surface area contributed by atoms with Gasteiger partial charge in [-0.25, -0.2) is 0 Å². The van der Waals surface area contributed by atoms with Crippen molar-refractivity contribution in [3.8, 4) is 0 Å². The van der Waals surface area contributed by atoms with Crippen LogP contribution in [0.15, 0.2) is 0 Å². The standard InChI is InChI=1S/C9H17ClO2/c1-8(6-10)5-9(11-2)3-4-12-7-9/h8H,3-7H2,1-2H3. The molecule has 0 amide bonds. The van der Waals surface area contributed by atoms with Gasteiger partial charge in [-0.1, -0.05) is 6.92 Å². The summed E-state index contributed by atoms with van der Waals surface area (Å²) in [5.74, 6) is 1.21. The van der Waals surface area contributed by atoms with Crippen LogP contribution >= 0.6 is 11.6 Å². The molecule has 1 saturated heterocycles. The molecule has 3 heteroatoms. The number of rotatable bonds is 4. The predicted octanol–water partition coefficient (Wildman–Crippen LogP) is 2.06. The molecule has 0 bridgehead atoms. The first-order chi connectivity index (χ1) is 5.72. The van der Waals surface area contributed by atoms with Crippen molar-refractivity contribution in [2.45, 2.75) is 25.4 Å². The molecule has 0 aromatic heterocycles. The Morgan fingerprint density at radius 3 is 2.83 bits per heavy atom. The topological polar surface area (TPSA) is 18.5 Å². The van der Waals surface area contributed by atoms with Crippen molar-refractivity contribution < 1.29 is 9.47 Å². The molecule has 0 saturated carbocycles. The van der Waals surface area contributed by atoms with Crippen molar-refractivity contribution in [3.63, 3.8) is 0 Å². The van der Waals surface area contributed by atoms with Crippen LogP contribution in [0.4, 0.5) is 0 Å². The Morgan fingerprint density at radius 1 is 1.67 bits per heavy atom. The van der Waals surface area contributed by atoms with Crippen LogP contribution in [0.3, 0.4) is 0 Å². The van der Waals surface area contributed by atoms with E-state index in [0.717, 1.165) is 26.1 Å². The highest BCUT2D eigenvalue weighted by Gasteiger charge is 2.35. The molecule has 72 valence electrons. The van der Waals surface area contributed by atoms with Gasteiger partial charge in [0.15, 0.2) is 0 Å². The fraction of sp³-hybridized carbons (Fsp3) is 1.00. The Labute approximate surface area is 79.2 Å². The van der Waals surface area contributed by atoms with E-state index in [2.05, 4.69) is 6.92 Å². The highest BCUT2D eigenvalue weighted by Crippen LogP contribution is 2.29. The molecule has 0 radical (unpaired) electrons. The fourth-order valence-electron chi connectivity index (χ4n) is 1.68. The molecule has 1 aliphatic rings. The molecule has 0 aliphatic carbocycles. The molecule has 1 aliphatic heterocycles. The smallest absolute Gasteiger partial charge is 0.0935 e. The van der Waals surface area contributed by atoms with Gasteiger partial charge in [-0.2, -0.15) is 0 Å². The van der Waals surface area contributed by atoms with E-state index in [-0.39, 0.29) is 5.60 Å². The minimum Gasteiger partial charge on any atom is -0.378 e. The molecule has 0 N–H and O–H groups in total. The zero-order valence-electron chi connectivity index (χ0n) is 7.81. The van der Waals surface area contributed by atoms with Crippen molar-refractivity contribution in [1.82, 2.24) is 0 Å². The van der Waals surface area contributed by atoms with Gasteiger partial charge >= 0.3 is 0 Å². The molecule has 1 fully saturated rings. The van der Waals surface area contributed by atoms with Crippen LogP contribution in [-0.4, -0.2) is 31.8 Å². The van der Waals surface area contributed by atoms with E-state index in [1.807, 2.05) is 0 Å². The Balaban J connectivity index is 2.43. The van der Waals surface area contributed by atoms with Gasteiger partial charge in [0.2, 0.25) is 0 Å². The Bertz CT molecular complexity index is 132. The van der Waals surface area contributed by atoms with Crippen molar-refractivity contribution >= 4 is 11.6 Å². The number of hydrogen-bond donors (Lipinski definition) is 0. The number of methoxy groups -OCH3 is 1. The van der Waals surface area contributed by atoms with E-state index < -0.39 is 0 Å². The summed E-state index contributed by atoms with van der Waals surface area (Å²) in [6.45, 7) is 3.69. The lowest BCUT2D eigenvalue weighted by molar-refractivity contribution is -0.0311. The molecule has 0 aromatic carbocycles. The van der Waals surface area contributed by atoms with E-state index in [1.54, 1.807) is 7.11 Å². The zero-order chi connectivity index (χ0) is 9.03. The van der Waals surface area contributed by atoms with E-state index in [1.165, 1.54) is 0 Å². The summed E-state index contributed by atoms with van der Waals surface area (Å²) in [6, 6.07) is 0. The first-order valence-corrected chi connectivity index (χ1v) is 4.95. The molecule has 2 unspecified atom stereocenters. The van der Waals surface area contributed by atoms with E-state index >= 15 is 0 Å². The van der Waals surface area contributed by atoms with Crippen molar-refractivity contribution in [2.75, 3.05) is 26.2 Å². The van der Waals surface area contributed by atoms with Crippen molar-refractivity contribution in [1.29, 1.82) is 0 Å². The average molecular weight is 193 g/mol. The second kappa shape index (κ2) is 4.45. The van der Waals surface area contributed by atoms with E-state index in [9.17, 15) is 0 Å². The quantitative estimate of drug-likeness (QED) is 0.635. The molecule has 0 spiro atoms. The number of hydrogen-bond acceptors (Lipinski definition) is 2. The van der Waals surface area contributed by atoms with Gasteiger partial charge in [-0.3, -0.25) is 0 Å². The Morgan fingerprint density at radius 2 is 2.42 bits per heavy atom. The van der Waals surface area contributed by atoms with E-state index in [4.69, 9.17) is 21.1 Å². The summed E-state index contributed by atoms with van der Waals surface area (Å²) in [5.41, 5.74) is -0.0473. The maximum atomic E-state index is 5.75. The molecule has 1 heterocycles. The monoisotopic (exact) mass is 192 g/mol. The van der Waals surface area contributed by atoms with Gasteiger partial charge < -0.3 is 9.47 Å². The molecule has 0 aromatic rings. The molecule has 2 nitrogen and oxygen atoms in total. The van der Waals surface area contributed by atoms with Gasteiger partial charge in [0.25, 0.3) is 0 Å². The normalized spacial score (nSPS) is 32.2. The lowest BCUT2D eigenvalue weighted by Crippen LogP contribution is -2.34. The molecular formula is C9H17ClO2. The first-order valence-electron chi connectivity index (χ1n) is 4.41. The largest absolute Gasteiger partial charge is 0.378 e. The van der Waals surface area contributed by atoms with Gasteiger partial charge in [0.05, 0.1) is 12.2 Å². The van der Waals surface area contributed by atoms with Gasteiger partial charge in [-0.15, -0.1) is 11.6 Å². The summed E-state index contributed by atoms with van der Waals surface area (Å²) in [6.07, 6.45) is 2.01. The summed E-state index contributed by atoms with van der Waals surface area (Å²) in [5, 5.41) is 0. The summed E-state index contributed by atoms with van der Waals surface area (Å²) in [7, 11) is 1.76. The third-order valence-electron chi connectivity index (χ3n) is 2.48. The maximum absolute atomic E-state index is 5.75. The summed E-state index contributed by atoms with van der Waals surface area (Å²) in [4.78, 5) is 0. The number of ether oxygens (including phenoxy) is 2. The van der Waals surface area contributed by atoms with Crippen LogP contribution in [0.1, 0.15) is 19.8 Å². The molecule has 12 heavy (non-hydrogen) atoms. The van der Waals surface area contributed by atoms with E-state index in [0.29, 0.717) is 11.8 Å². The van der Waals surface area contributed by atoms with Crippen molar-refractivity contribution in [2.24, 2.45) is 5.92 Å². The summed E-state index contributed by atoms with van der Waals surface area (Å²) < 4.78 is 10.8. The number of alkyl halides is 1. The van der Waals surface area contributed by atoms with Crippen LogP contribution in [0.2, 0.25) is 0 Å². The second-order valence-electron chi connectivity index (χ2n) is 3.65. The highest BCUT2D eigenvalue weighted by atomic mass is 35.5. The zero-order valence-corrected chi connectivity index (χ0v) is 8.56. The lowest BCUT2D eigenvalue weighted by atomic mass is 9.91. The van der Waals surface area contributed by atoms with Crippen LogP contribution in [0.25, 0.3) is 0 Å². The third kappa shape index (κ3) is 2.35. The maximum Gasteiger partial charge on any atom is 0.0935 e. The highest BCUT2D eigenvalue weighted by molar-refractivity contribution is 6.18. The van der Waals surface area contributed by atoms with Crippen molar-refractivity contribution in [3.05, 3.63) is 0 Å². The fourth-order valence-corrected chi connectivity index (χ4v) is 1.79. The van der Waals surface area contributed by atoms with Gasteiger partial charge in [0.1, 0.15) is 0 Å². The van der Waals surface area contributed by atoms with Crippen LogP contribution < -0.4 is 0 Å². The first kappa shape index (κ1) is 10.3.